The summed E-state index contributed by atoms with van der Waals surface area (Å²) in [6.45, 7) is 2.05. The van der Waals surface area contributed by atoms with Crippen LogP contribution in [0.1, 0.15) is 21.7 Å². The zero-order chi connectivity index (χ0) is 25.8. The van der Waals surface area contributed by atoms with Crippen LogP contribution in [0.3, 0.4) is 0 Å². The van der Waals surface area contributed by atoms with E-state index in [0.717, 1.165) is 22.1 Å². The van der Waals surface area contributed by atoms with Crippen molar-refractivity contribution < 1.29 is 9.21 Å². The number of carbonyl (C=O) groups is 1. The SMILES string of the molecule is Cc1ccc(Nc2nc(-c3ccc(C(=O)N/N=C\c4ccc(-c5cc(Cl)ccc5Cl)o4)cc3)cs2)cc1. The minimum Gasteiger partial charge on any atom is -0.455 e. The molecule has 0 radical (unpaired) electrons. The summed E-state index contributed by atoms with van der Waals surface area (Å²) in [6, 6.07) is 24.0. The van der Waals surface area contributed by atoms with Gasteiger partial charge < -0.3 is 9.73 Å². The fraction of sp³-hybridized carbons (Fsp3) is 0.0357. The van der Waals surface area contributed by atoms with Crippen LogP contribution in [0.2, 0.25) is 10.0 Å². The fourth-order valence-electron chi connectivity index (χ4n) is 3.49. The lowest BCUT2D eigenvalue weighted by Gasteiger charge is -2.03. The summed E-state index contributed by atoms with van der Waals surface area (Å²) >= 11 is 13.8. The van der Waals surface area contributed by atoms with Crippen molar-refractivity contribution in [3.63, 3.8) is 0 Å². The summed E-state index contributed by atoms with van der Waals surface area (Å²) in [4.78, 5) is 17.2. The van der Waals surface area contributed by atoms with Crippen molar-refractivity contribution in [2.45, 2.75) is 6.92 Å². The summed E-state index contributed by atoms with van der Waals surface area (Å²) < 4.78 is 5.75. The van der Waals surface area contributed by atoms with Crippen LogP contribution in [0, 0.1) is 6.92 Å². The third kappa shape index (κ3) is 6.09. The molecule has 2 N–H and O–H groups in total. The predicted molar refractivity (Wildman–Crippen MR) is 151 cm³/mol. The molecule has 0 atom stereocenters. The molecular weight excluding hydrogens is 527 g/mol. The van der Waals surface area contributed by atoms with Gasteiger partial charge in [-0.3, -0.25) is 4.79 Å². The van der Waals surface area contributed by atoms with Gasteiger partial charge in [-0.05, 0) is 61.5 Å². The van der Waals surface area contributed by atoms with Crippen LogP contribution >= 0.6 is 34.5 Å². The molecule has 0 aliphatic heterocycles. The lowest BCUT2D eigenvalue weighted by Crippen LogP contribution is -2.17. The van der Waals surface area contributed by atoms with E-state index in [2.05, 4.69) is 27.8 Å². The van der Waals surface area contributed by atoms with Crippen LogP contribution in [-0.2, 0) is 0 Å². The van der Waals surface area contributed by atoms with Gasteiger partial charge in [-0.25, -0.2) is 10.4 Å². The Morgan fingerprint density at radius 3 is 2.57 bits per heavy atom. The van der Waals surface area contributed by atoms with Gasteiger partial charge in [0.15, 0.2) is 5.13 Å². The van der Waals surface area contributed by atoms with E-state index >= 15 is 0 Å². The molecule has 0 aliphatic rings. The van der Waals surface area contributed by atoms with Gasteiger partial charge in [0.2, 0.25) is 0 Å². The lowest BCUT2D eigenvalue weighted by atomic mass is 10.1. The maximum atomic E-state index is 12.5. The summed E-state index contributed by atoms with van der Waals surface area (Å²) in [5.41, 5.74) is 7.59. The second kappa shape index (κ2) is 11.0. The molecule has 5 aromatic rings. The molecule has 3 aromatic carbocycles. The van der Waals surface area contributed by atoms with E-state index in [1.807, 2.05) is 41.8 Å². The highest BCUT2D eigenvalue weighted by Crippen LogP contribution is 2.31. The maximum absolute atomic E-state index is 12.5. The Bertz CT molecular complexity index is 1570. The van der Waals surface area contributed by atoms with Crippen LogP contribution in [-0.4, -0.2) is 17.1 Å². The number of halogens is 2. The summed E-state index contributed by atoms with van der Waals surface area (Å²) in [7, 11) is 0. The molecule has 0 saturated heterocycles. The Balaban J connectivity index is 1.19. The molecule has 0 spiro atoms. The first kappa shape index (κ1) is 24.8. The molecule has 5 rings (SSSR count). The van der Waals surface area contributed by atoms with E-state index < -0.39 is 0 Å². The van der Waals surface area contributed by atoms with Crippen molar-refractivity contribution in [3.05, 3.63) is 111 Å². The Hall–Kier alpha value is -3.91. The van der Waals surface area contributed by atoms with Gasteiger partial charge in [-0.15, -0.1) is 11.3 Å². The highest BCUT2D eigenvalue weighted by molar-refractivity contribution is 7.14. The zero-order valence-electron chi connectivity index (χ0n) is 19.5. The number of nitrogens with one attached hydrogen (secondary N) is 2. The second-order valence-electron chi connectivity index (χ2n) is 8.13. The van der Waals surface area contributed by atoms with Gasteiger partial charge in [-0.2, -0.15) is 5.10 Å². The van der Waals surface area contributed by atoms with Gasteiger partial charge in [-0.1, -0.05) is 53.0 Å². The summed E-state index contributed by atoms with van der Waals surface area (Å²) in [5, 5.41) is 11.2. The first-order valence-corrected chi connectivity index (χ1v) is 12.9. The molecule has 0 fully saturated rings. The van der Waals surface area contributed by atoms with Gasteiger partial charge in [0.1, 0.15) is 11.5 Å². The van der Waals surface area contributed by atoms with Crippen LogP contribution in [0.25, 0.3) is 22.6 Å². The van der Waals surface area contributed by atoms with E-state index in [1.54, 1.807) is 42.5 Å². The van der Waals surface area contributed by atoms with Gasteiger partial charge >= 0.3 is 0 Å². The Morgan fingerprint density at radius 1 is 1.00 bits per heavy atom. The number of rotatable bonds is 7. The number of aromatic nitrogens is 1. The number of nitrogens with zero attached hydrogens (tertiary/aromatic N) is 2. The maximum Gasteiger partial charge on any atom is 0.271 e. The normalized spacial score (nSPS) is 11.1. The van der Waals surface area contributed by atoms with Crippen molar-refractivity contribution in [2.24, 2.45) is 5.10 Å². The number of benzene rings is 3. The zero-order valence-corrected chi connectivity index (χ0v) is 21.9. The van der Waals surface area contributed by atoms with E-state index in [9.17, 15) is 4.79 Å². The minimum absolute atomic E-state index is 0.340. The average molecular weight is 547 g/mol. The molecule has 1 amide bonds. The molecule has 0 saturated carbocycles. The third-order valence-electron chi connectivity index (χ3n) is 5.43. The number of amides is 1. The molecule has 0 unspecified atom stereocenters. The number of hydrogen-bond acceptors (Lipinski definition) is 6. The molecule has 2 heterocycles. The van der Waals surface area contributed by atoms with Crippen molar-refractivity contribution in [1.82, 2.24) is 10.4 Å². The van der Waals surface area contributed by atoms with Gasteiger partial charge in [0.05, 0.1) is 16.9 Å². The number of carbonyl (C=O) groups excluding carboxylic acids is 1. The number of thiazole rings is 1. The highest BCUT2D eigenvalue weighted by atomic mass is 35.5. The minimum atomic E-state index is -0.340. The monoisotopic (exact) mass is 546 g/mol. The van der Waals surface area contributed by atoms with E-state index in [1.165, 1.54) is 23.1 Å². The molecule has 37 heavy (non-hydrogen) atoms. The summed E-state index contributed by atoms with van der Waals surface area (Å²) in [6.07, 6.45) is 1.42. The number of furan rings is 1. The number of hydrazone groups is 1. The molecule has 0 aliphatic carbocycles. The standard InChI is InChI=1S/C28H20Cl2N4O2S/c1-17-2-9-21(10-3-17)32-28-33-25(16-37-28)18-4-6-19(7-5-18)27(35)34-31-15-22-11-13-26(36-22)23-14-20(29)8-12-24(23)30/h2-16H,1H3,(H,32,33)(H,34,35)/b31-15-. The quantitative estimate of drug-likeness (QED) is 0.159. The van der Waals surface area contributed by atoms with Gasteiger partial charge in [0, 0.05) is 32.8 Å². The molecule has 9 heteroatoms. The largest absolute Gasteiger partial charge is 0.455 e. The number of aryl methyl sites for hydroxylation is 1. The summed E-state index contributed by atoms with van der Waals surface area (Å²) in [5.74, 6) is 0.669. The Labute approximate surface area is 227 Å². The average Bonchev–Trinajstić information content (AvgIpc) is 3.57. The molecule has 0 bridgehead atoms. The van der Waals surface area contributed by atoms with Crippen LogP contribution in [0.15, 0.2) is 93.8 Å². The van der Waals surface area contributed by atoms with E-state index in [-0.39, 0.29) is 5.91 Å². The van der Waals surface area contributed by atoms with Crippen LogP contribution in [0.4, 0.5) is 10.8 Å². The lowest BCUT2D eigenvalue weighted by molar-refractivity contribution is 0.0955. The Kier molecular flexibility index (Phi) is 7.37. The van der Waals surface area contributed by atoms with Crippen molar-refractivity contribution in [2.75, 3.05) is 5.32 Å². The van der Waals surface area contributed by atoms with Crippen LogP contribution < -0.4 is 10.7 Å². The molecule has 184 valence electrons. The smallest absolute Gasteiger partial charge is 0.271 e. The number of hydrogen-bond donors (Lipinski definition) is 2. The van der Waals surface area contributed by atoms with E-state index in [0.29, 0.717) is 32.7 Å². The van der Waals surface area contributed by atoms with Gasteiger partial charge in [0.25, 0.3) is 5.91 Å². The van der Waals surface area contributed by atoms with Crippen molar-refractivity contribution in [3.8, 4) is 22.6 Å². The molecule has 6 nitrogen and oxygen atoms in total. The highest BCUT2D eigenvalue weighted by Gasteiger charge is 2.10. The topological polar surface area (TPSA) is 79.5 Å². The van der Waals surface area contributed by atoms with Crippen LogP contribution in [0.5, 0.6) is 0 Å². The predicted octanol–water partition coefficient (Wildman–Crippen LogP) is 8.19. The van der Waals surface area contributed by atoms with Crippen molar-refractivity contribution in [1.29, 1.82) is 0 Å². The number of anilines is 2. The first-order valence-electron chi connectivity index (χ1n) is 11.2. The third-order valence-corrected chi connectivity index (χ3v) is 6.75. The second-order valence-corrected chi connectivity index (χ2v) is 9.83. The first-order chi connectivity index (χ1) is 17.9. The Morgan fingerprint density at radius 2 is 1.78 bits per heavy atom. The molecular formula is C28H20Cl2N4O2S. The fourth-order valence-corrected chi connectivity index (χ4v) is 4.61. The van der Waals surface area contributed by atoms with E-state index in [4.69, 9.17) is 27.6 Å². The molecule has 2 aromatic heterocycles. The van der Waals surface area contributed by atoms with Crippen molar-refractivity contribution >= 4 is 57.5 Å².